The van der Waals surface area contributed by atoms with Crippen molar-refractivity contribution < 1.29 is 9.47 Å². The Labute approximate surface area is 152 Å². The lowest BCUT2D eigenvalue weighted by atomic mass is 9.91. The molecule has 0 amide bonds. The summed E-state index contributed by atoms with van der Waals surface area (Å²) in [6.45, 7) is 7.02. The minimum absolute atomic E-state index is 0. The quantitative estimate of drug-likeness (QED) is 0.852. The molecule has 2 saturated heterocycles. The molecule has 1 aromatic rings. The third-order valence-corrected chi connectivity index (χ3v) is 5.17. The molecule has 2 unspecified atom stereocenters. The maximum atomic E-state index is 6.01. The van der Waals surface area contributed by atoms with Gasteiger partial charge >= 0.3 is 0 Å². The number of hydrogen-bond donors (Lipinski definition) is 1. The van der Waals surface area contributed by atoms with Crippen LogP contribution >= 0.6 is 12.4 Å². The standard InChI is InChI=1S/C19H30N2O2.ClH/c1-15(20)17-8-10-21(11-9-17)13-16-4-6-18(7-5-16)23-14-19-3-2-12-22-19;/h4-7,15,17,19H,2-3,8-14,20H2,1H3;1H. The molecular weight excluding hydrogens is 324 g/mol. The second-order valence-electron chi connectivity index (χ2n) is 7.06. The lowest BCUT2D eigenvalue weighted by Crippen LogP contribution is -2.39. The molecular formula is C19H31ClN2O2. The van der Waals surface area contributed by atoms with Crippen LogP contribution in [-0.4, -0.2) is 43.3 Å². The first-order valence-electron chi connectivity index (χ1n) is 9.02. The zero-order valence-electron chi connectivity index (χ0n) is 14.7. The Balaban J connectivity index is 0.00000208. The van der Waals surface area contributed by atoms with Crippen molar-refractivity contribution in [3.8, 4) is 5.75 Å². The highest BCUT2D eigenvalue weighted by Crippen LogP contribution is 2.22. The van der Waals surface area contributed by atoms with Crippen molar-refractivity contribution in [1.82, 2.24) is 4.90 Å². The predicted octanol–water partition coefficient (Wildman–Crippen LogP) is 3.23. The van der Waals surface area contributed by atoms with Gasteiger partial charge in [0.25, 0.3) is 0 Å². The number of piperidine rings is 1. The van der Waals surface area contributed by atoms with Gasteiger partial charge in [0.2, 0.25) is 0 Å². The summed E-state index contributed by atoms with van der Waals surface area (Å²) in [4.78, 5) is 2.53. The van der Waals surface area contributed by atoms with Gasteiger partial charge in [0.05, 0.1) is 6.10 Å². The Hall–Kier alpha value is -0.810. The van der Waals surface area contributed by atoms with Gasteiger partial charge in [-0.1, -0.05) is 12.1 Å². The zero-order valence-corrected chi connectivity index (χ0v) is 15.5. The molecule has 1 aromatic carbocycles. The number of benzene rings is 1. The number of likely N-dealkylation sites (tertiary alicyclic amines) is 1. The first-order chi connectivity index (χ1) is 11.2. The second kappa shape index (κ2) is 9.62. The van der Waals surface area contributed by atoms with Crippen molar-refractivity contribution in [2.75, 3.05) is 26.3 Å². The number of halogens is 1. The van der Waals surface area contributed by atoms with Crippen LogP contribution in [0.15, 0.2) is 24.3 Å². The van der Waals surface area contributed by atoms with Gasteiger partial charge in [-0.15, -0.1) is 12.4 Å². The molecule has 2 aliphatic heterocycles. The first-order valence-corrected chi connectivity index (χ1v) is 9.02. The second-order valence-corrected chi connectivity index (χ2v) is 7.06. The summed E-state index contributed by atoms with van der Waals surface area (Å²) >= 11 is 0. The van der Waals surface area contributed by atoms with Crippen molar-refractivity contribution >= 4 is 12.4 Å². The van der Waals surface area contributed by atoms with E-state index in [9.17, 15) is 0 Å². The molecule has 24 heavy (non-hydrogen) atoms. The summed E-state index contributed by atoms with van der Waals surface area (Å²) in [5, 5.41) is 0. The number of rotatable bonds is 6. The minimum Gasteiger partial charge on any atom is -0.491 e. The molecule has 0 bridgehead atoms. The Bertz CT molecular complexity index is 467. The summed E-state index contributed by atoms with van der Waals surface area (Å²) in [6, 6.07) is 8.86. The fourth-order valence-electron chi connectivity index (χ4n) is 3.55. The van der Waals surface area contributed by atoms with Crippen molar-refractivity contribution in [3.63, 3.8) is 0 Å². The molecule has 0 aliphatic carbocycles. The Morgan fingerprint density at radius 3 is 2.50 bits per heavy atom. The van der Waals surface area contributed by atoms with Crippen LogP contribution < -0.4 is 10.5 Å². The SMILES string of the molecule is CC(N)C1CCN(Cc2ccc(OCC3CCCO3)cc2)CC1.Cl. The summed E-state index contributed by atoms with van der Waals surface area (Å²) in [5.74, 6) is 1.64. The normalized spacial score (nSPS) is 23.7. The van der Waals surface area contributed by atoms with Crippen LogP contribution in [0.1, 0.15) is 38.2 Å². The van der Waals surface area contributed by atoms with Crippen molar-refractivity contribution in [3.05, 3.63) is 29.8 Å². The van der Waals surface area contributed by atoms with E-state index >= 15 is 0 Å². The third kappa shape index (κ3) is 5.62. The highest BCUT2D eigenvalue weighted by atomic mass is 35.5. The maximum Gasteiger partial charge on any atom is 0.119 e. The van der Waals surface area contributed by atoms with Gasteiger partial charge in [-0.2, -0.15) is 0 Å². The monoisotopic (exact) mass is 354 g/mol. The molecule has 2 fully saturated rings. The van der Waals surface area contributed by atoms with Gasteiger partial charge in [0, 0.05) is 19.2 Å². The molecule has 3 rings (SSSR count). The van der Waals surface area contributed by atoms with Gasteiger partial charge in [0.1, 0.15) is 12.4 Å². The minimum atomic E-state index is 0. The lowest BCUT2D eigenvalue weighted by Gasteiger charge is -2.33. The van der Waals surface area contributed by atoms with Crippen LogP contribution in [0, 0.1) is 5.92 Å². The van der Waals surface area contributed by atoms with E-state index in [-0.39, 0.29) is 18.5 Å². The summed E-state index contributed by atoms with van der Waals surface area (Å²) in [6.07, 6.45) is 5.00. The van der Waals surface area contributed by atoms with Gasteiger partial charge in [-0.25, -0.2) is 0 Å². The zero-order chi connectivity index (χ0) is 16.1. The van der Waals surface area contributed by atoms with E-state index in [0.29, 0.717) is 18.6 Å². The maximum absolute atomic E-state index is 6.01. The average molecular weight is 355 g/mol. The van der Waals surface area contributed by atoms with Crippen molar-refractivity contribution in [2.24, 2.45) is 11.7 Å². The number of nitrogens with two attached hydrogens (primary N) is 1. The molecule has 4 nitrogen and oxygen atoms in total. The van der Waals surface area contributed by atoms with E-state index in [1.807, 2.05) is 0 Å². The molecule has 136 valence electrons. The van der Waals surface area contributed by atoms with Crippen LogP contribution in [0.2, 0.25) is 0 Å². The van der Waals surface area contributed by atoms with Gasteiger partial charge < -0.3 is 15.2 Å². The Kier molecular flexibility index (Phi) is 7.82. The highest BCUT2D eigenvalue weighted by Gasteiger charge is 2.21. The van der Waals surface area contributed by atoms with Crippen molar-refractivity contribution in [1.29, 1.82) is 0 Å². The fraction of sp³-hybridized carbons (Fsp3) is 0.684. The molecule has 2 N–H and O–H groups in total. The fourth-order valence-corrected chi connectivity index (χ4v) is 3.55. The Morgan fingerprint density at radius 1 is 1.21 bits per heavy atom. The molecule has 0 aromatic heterocycles. The topological polar surface area (TPSA) is 47.7 Å². The molecule has 0 saturated carbocycles. The van der Waals surface area contributed by atoms with E-state index in [1.165, 1.54) is 18.4 Å². The van der Waals surface area contributed by atoms with Crippen molar-refractivity contribution in [2.45, 2.75) is 51.3 Å². The van der Waals surface area contributed by atoms with E-state index < -0.39 is 0 Å². The van der Waals surface area contributed by atoms with Crippen LogP contribution in [0.5, 0.6) is 5.75 Å². The largest absolute Gasteiger partial charge is 0.491 e. The predicted molar refractivity (Wildman–Crippen MR) is 99.8 cm³/mol. The number of nitrogens with zero attached hydrogens (tertiary/aromatic N) is 1. The first kappa shape index (κ1) is 19.5. The number of hydrogen-bond acceptors (Lipinski definition) is 4. The molecule has 0 spiro atoms. The third-order valence-electron chi connectivity index (χ3n) is 5.17. The molecule has 2 heterocycles. The number of ether oxygens (including phenoxy) is 2. The van der Waals surface area contributed by atoms with E-state index in [4.69, 9.17) is 15.2 Å². The highest BCUT2D eigenvalue weighted by molar-refractivity contribution is 5.85. The summed E-state index contributed by atoms with van der Waals surface area (Å²) < 4.78 is 11.4. The molecule has 5 heteroatoms. The van der Waals surface area contributed by atoms with E-state index in [2.05, 4.69) is 36.1 Å². The lowest BCUT2D eigenvalue weighted by molar-refractivity contribution is 0.0679. The van der Waals surface area contributed by atoms with E-state index in [1.54, 1.807) is 0 Å². The smallest absolute Gasteiger partial charge is 0.119 e. The van der Waals surface area contributed by atoms with Gasteiger partial charge in [-0.3, -0.25) is 4.90 Å². The Morgan fingerprint density at radius 2 is 1.92 bits per heavy atom. The van der Waals surface area contributed by atoms with E-state index in [0.717, 1.165) is 44.8 Å². The molecule has 0 radical (unpaired) electrons. The van der Waals surface area contributed by atoms with Crippen LogP contribution in [0.25, 0.3) is 0 Å². The van der Waals surface area contributed by atoms with Gasteiger partial charge in [-0.05, 0) is 69.3 Å². The molecule has 2 atom stereocenters. The molecule has 2 aliphatic rings. The van der Waals surface area contributed by atoms with Crippen LogP contribution in [-0.2, 0) is 11.3 Å². The van der Waals surface area contributed by atoms with Crippen LogP contribution in [0.3, 0.4) is 0 Å². The average Bonchev–Trinajstić information content (AvgIpc) is 3.08. The van der Waals surface area contributed by atoms with Crippen LogP contribution in [0.4, 0.5) is 0 Å². The van der Waals surface area contributed by atoms with Gasteiger partial charge in [0.15, 0.2) is 0 Å². The summed E-state index contributed by atoms with van der Waals surface area (Å²) in [7, 11) is 0. The summed E-state index contributed by atoms with van der Waals surface area (Å²) in [5.41, 5.74) is 7.37.